The molecule has 5 aliphatic rings. The number of fused-ring (bicyclic) bond motifs is 5. The van der Waals surface area contributed by atoms with Gasteiger partial charge in [-0.05, 0) is 97.7 Å². The second-order valence-corrected chi connectivity index (χ2v) is 23.4. The van der Waals surface area contributed by atoms with E-state index < -0.39 is 0 Å². The molecule has 468 valence electrons. The highest BCUT2D eigenvalue weighted by Gasteiger charge is 2.59. The first-order valence-electron chi connectivity index (χ1n) is 31.0. The Bertz CT molecular complexity index is 1810. The lowest BCUT2D eigenvalue weighted by Crippen LogP contribution is -2.51. The summed E-state index contributed by atoms with van der Waals surface area (Å²) in [5.41, 5.74) is 2.31. The Balaban J connectivity index is 0.0000144. The van der Waals surface area contributed by atoms with E-state index in [-0.39, 0.29) is 56.0 Å². The van der Waals surface area contributed by atoms with Gasteiger partial charge in [0.2, 0.25) is 5.91 Å². The Morgan fingerprint density at radius 3 is 1.52 bits per heavy atom. The highest BCUT2D eigenvalue weighted by atomic mass is 16.6. The summed E-state index contributed by atoms with van der Waals surface area (Å²) < 4.78 is 72.6. The van der Waals surface area contributed by atoms with Crippen molar-refractivity contribution in [1.29, 1.82) is 0 Å². The van der Waals surface area contributed by atoms with Gasteiger partial charge in [-0.15, -0.1) is 0 Å². The summed E-state index contributed by atoms with van der Waals surface area (Å²) in [6.07, 6.45) is 19.8. The van der Waals surface area contributed by atoms with Crippen molar-refractivity contribution in [2.24, 2.45) is 46.3 Å². The van der Waals surface area contributed by atoms with E-state index in [0.717, 1.165) is 59.7 Å². The lowest BCUT2D eigenvalue weighted by atomic mass is 9.47. The molecule has 8 atom stereocenters. The van der Waals surface area contributed by atoms with Gasteiger partial charge in [0.05, 0.1) is 165 Å². The van der Waals surface area contributed by atoms with Crippen LogP contribution in [-0.2, 0) is 80.8 Å². The molecular formula is C62H108N2O17. The van der Waals surface area contributed by atoms with Crippen LogP contribution in [0.25, 0.3) is 0 Å². The van der Waals surface area contributed by atoms with E-state index in [1.807, 2.05) is 0 Å². The molecule has 0 radical (unpaired) electrons. The van der Waals surface area contributed by atoms with Gasteiger partial charge >= 0.3 is 5.97 Å². The monoisotopic (exact) mass is 1150 g/mol. The zero-order valence-corrected chi connectivity index (χ0v) is 50.4. The number of rotatable bonds is 49. The third-order valence-electron chi connectivity index (χ3n) is 17.4. The molecule has 0 saturated heterocycles. The van der Waals surface area contributed by atoms with Crippen molar-refractivity contribution in [3.8, 4) is 0 Å². The second-order valence-electron chi connectivity index (χ2n) is 23.4. The maximum atomic E-state index is 12.8. The van der Waals surface area contributed by atoms with Crippen LogP contribution < -0.4 is 5.32 Å². The minimum atomic E-state index is -0.340. The van der Waals surface area contributed by atoms with Crippen LogP contribution in [0.2, 0.25) is 0 Å². The van der Waals surface area contributed by atoms with Crippen molar-refractivity contribution < 1.29 is 82.2 Å². The summed E-state index contributed by atoms with van der Waals surface area (Å²) >= 11 is 0. The molecule has 3 fully saturated rings. The molecule has 0 aromatic carbocycles. The first kappa shape index (κ1) is 68.9. The Hall–Kier alpha value is -2.92. The molecule has 19 nitrogen and oxygen atoms in total. The van der Waals surface area contributed by atoms with Crippen LogP contribution in [-0.4, -0.2) is 206 Å². The molecule has 19 heteroatoms. The molecule has 3 saturated carbocycles. The fourth-order valence-electron chi connectivity index (χ4n) is 13.1. The molecule has 0 bridgehead atoms. The highest BCUT2D eigenvalue weighted by molar-refractivity contribution is 6.12. The number of carbonyl (C=O) groups is 4. The molecule has 1 heterocycles. The lowest BCUT2D eigenvalue weighted by molar-refractivity contribution is -0.153. The number of nitrogens with zero attached hydrogens (tertiary/aromatic N) is 1. The highest BCUT2D eigenvalue weighted by Crippen LogP contribution is 2.67. The molecule has 0 aromatic rings. The fraction of sp³-hybridized carbons (Fsp3) is 0.871. The number of imide groups is 1. The summed E-state index contributed by atoms with van der Waals surface area (Å²) in [4.78, 5) is 48.9. The van der Waals surface area contributed by atoms with Crippen molar-refractivity contribution in [1.82, 2.24) is 10.2 Å². The number of nitrogens with one attached hydrogen (secondary N) is 1. The molecule has 1 N–H and O–H groups in total. The zero-order chi connectivity index (χ0) is 57.8. The van der Waals surface area contributed by atoms with Gasteiger partial charge in [-0.2, -0.15) is 0 Å². The van der Waals surface area contributed by atoms with E-state index >= 15 is 0 Å². The van der Waals surface area contributed by atoms with Crippen molar-refractivity contribution in [3.05, 3.63) is 23.8 Å². The van der Waals surface area contributed by atoms with Gasteiger partial charge in [-0.25, -0.2) is 0 Å². The van der Waals surface area contributed by atoms with Crippen LogP contribution >= 0.6 is 0 Å². The maximum absolute atomic E-state index is 12.8. The molecule has 0 aromatic heterocycles. The van der Waals surface area contributed by atoms with Crippen LogP contribution in [0, 0.1) is 46.3 Å². The van der Waals surface area contributed by atoms with Gasteiger partial charge in [-0.3, -0.25) is 24.1 Å². The van der Waals surface area contributed by atoms with Gasteiger partial charge in [0, 0.05) is 39.5 Å². The Labute approximate surface area is 487 Å². The zero-order valence-electron chi connectivity index (χ0n) is 50.4. The van der Waals surface area contributed by atoms with E-state index in [4.69, 9.17) is 61.6 Å². The standard InChI is InChI=1S/C62H106N2O17.H2/c1-49(2)8-6-9-50(3)54-13-14-55-53-12-11-51-48-52(17-20-61(51,4)56(53)18-21-62(54,55)5)81-60(68)19-24-69-26-28-71-30-32-73-34-36-75-38-40-77-42-44-79-46-47-80-45-43-78-41-39-76-37-35-74-33-31-72-29-27-70-25-22-63-57(65)10-7-23-64-58(66)15-16-59(64)67;/h11,15-16,49-50,52-56H,6-10,12-14,17-48H2,1-5H3,(H,63,65);1H. The lowest BCUT2D eigenvalue weighted by Gasteiger charge is -2.58. The van der Waals surface area contributed by atoms with E-state index in [2.05, 4.69) is 46.0 Å². The number of hydrogen-bond donors (Lipinski definition) is 1. The van der Waals surface area contributed by atoms with E-state index in [9.17, 15) is 19.2 Å². The molecule has 1 aliphatic heterocycles. The number of amides is 3. The normalized spacial score (nSPS) is 24.6. The smallest absolute Gasteiger partial charge is 0.308 e. The largest absolute Gasteiger partial charge is 0.462 e. The predicted molar refractivity (Wildman–Crippen MR) is 308 cm³/mol. The Morgan fingerprint density at radius 1 is 0.568 bits per heavy atom. The van der Waals surface area contributed by atoms with Gasteiger partial charge < -0.3 is 66.9 Å². The average molecular weight is 1150 g/mol. The summed E-state index contributed by atoms with van der Waals surface area (Å²) in [7, 11) is 0. The Kier molecular flexibility index (Phi) is 34.3. The summed E-state index contributed by atoms with van der Waals surface area (Å²) in [6, 6.07) is 0. The van der Waals surface area contributed by atoms with Gasteiger partial charge in [0.1, 0.15) is 6.10 Å². The van der Waals surface area contributed by atoms with Crippen LogP contribution in [0.3, 0.4) is 0 Å². The van der Waals surface area contributed by atoms with Crippen LogP contribution in [0.15, 0.2) is 23.8 Å². The van der Waals surface area contributed by atoms with Crippen molar-refractivity contribution in [2.45, 2.75) is 131 Å². The molecular weight excluding hydrogens is 1040 g/mol. The minimum absolute atomic E-state index is 0. The molecule has 81 heavy (non-hydrogen) atoms. The maximum Gasteiger partial charge on any atom is 0.308 e. The Morgan fingerprint density at radius 2 is 1.04 bits per heavy atom. The summed E-state index contributed by atoms with van der Waals surface area (Å²) in [6.45, 7) is 23.9. The summed E-state index contributed by atoms with van der Waals surface area (Å²) in [5, 5.41) is 2.75. The third-order valence-corrected chi connectivity index (χ3v) is 17.4. The molecule has 3 amide bonds. The quantitative estimate of drug-likeness (QED) is 0.0270. The third kappa shape index (κ3) is 25.7. The number of allylic oxidation sites excluding steroid dienone is 1. The number of esters is 1. The molecule has 5 rings (SSSR count). The molecule has 8 unspecified atom stereocenters. The predicted octanol–water partition coefficient (Wildman–Crippen LogP) is 7.60. The molecule has 4 aliphatic carbocycles. The van der Waals surface area contributed by atoms with Crippen LogP contribution in [0.5, 0.6) is 0 Å². The molecule has 0 spiro atoms. The van der Waals surface area contributed by atoms with Crippen molar-refractivity contribution in [2.75, 3.05) is 172 Å². The van der Waals surface area contributed by atoms with Gasteiger partial charge in [0.25, 0.3) is 11.8 Å². The number of ether oxygens (including phenoxy) is 13. The minimum Gasteiger partial charge on any atom is -0.462 e. The van der Waals surface area contributed by atoms with E-state index in [0.29, 0.717) is 177 Å². The number of carbonyl (C=O) groups excluding carboxylic acids is 4. The van der Waals surface area contributed by atoms with Gasteiger partial charge in [-0.1, -0.05) is 65.5 Å². The van der Waals surface area contributed by atoms with Crippen molar-refractivity contribution >= 4 is 23.7 Å². The fourth-order valence-corrected chi connectivity index (χ4v) is 13.1. The van der Waals surface area contributed by atoms with Gasteiger partial charge in [0.15, 0.2) is 0 Å². The first-order chi connectivity index (χ1) is 39.4. The van der Waals surface area contributed by atoms with Crippen molar-refractivity contribution in [3.63, 3.8) is 0 Å². The average Bonchev–Trinajstić information content (AvgIpc) is 3.30. The SMILES string of the molecule is CC(C)CCCC(C)C1CCC2C3CC=C4CC(OC(=O)CCOCCOCCOCCOCCOCCOCCOCCOCCOCCOCCOCCOCCNC(=O)CCCN5C(=O)C=CC5=O)CCC4(C)C3CCC12C.[HH]. The summed E-state index contributed by atoms with van der Waals surface area (Å²) in [5.74, 6) is 3.96. The first-order valence-corrected chi connectivity index (χ1v) is 31.0. The number of hydrogen-bond acceptors (Lipinski definition) is 17. The van der Waals surface area contributed by atoms with E-state index in [1.54, 1.807) is 5.57 Å². The topological polar surface area (TPSA) is 204 Å². The second kappa shape index (κ2) is 40.4. The van der Waals surface area contributed by atoms with Crippen LogP contribution in [0.4, 0.5) is 0 Å². The van der Waals surface area contributed by atoms with E-state index in [1.165, 1.54) is 63.5 Å². The van der Waals surface area contributed by atoms with Crippen LogP contribution in [0.1, 0.15) is 126 Å².